The molecule has 1 aliphatic rings. The molecule has 0 nitrogen and oxygen atoms in total. The summed E-state index contributed by atoms with van der Waals surface area (Å²) in [4.78, 5) is 0. The first-order valence-electron chi connectivity index (χ1n) is 10.5. The molecule has 0 radical (unpaired) electrons. The Morgan fingerprint density at radius 2 is 1.43 bits per heavy atom. The zero-order valence-corrected chi connectivity index (χ0v) is 18.9. The van der Waals surface area contributed by atoms with Crippen LogP contribution in [0.2, 0.25) is 0 Å². The normalized spacial score (nSPS) is 12.2. The summed E-state index contributed by atoms with van der Waals surface area (Å²) in [5, 5.41) is 1.43. The molecular formula is C29H22Se. The van der Waals surface area contributed by atoms with Crippen LogP contribution in [0.5, 0.6) is 0 Å². The van der Waals surface area contributed by atoms with Crippen LogP contribution in [0, 0.1) is 13.8 Å². The monoisotopic (exact) mass is 450 g/mol. The van der Waals surface area contributed by atoms with Crippen molar-refractivity contribution >= 4 is 24.1 Å². The van der Waals surface area contributed by atoms with Crippen LogP contribution in [0.4, 0.5) is 0 Å². The van der Waals surface area contributed by atoms with Gasteiger partial charge in [-0.3, -0.25) is 0 Å². The topological polar surface area (TPSA) is 0 Å². The molecule has 1 heterocycles. The Hall–Kier alpha value is -2.86. The predicted octanol–water partition coefficient (Wildman–Crippen LogP) is 7.42. The number of fused-ring (bicyclic) bond motifs is 4. The molecule has 1 heteroatoms. The maximum absolute atomic E-state index is 2.41. The number of hydrogen-bond acceptors (Lipinski definition) is 0. The van der Waals surface area contributed by atoms with E-state index in [4.69, 9.17) is 0 Å². The number of rotatable bonds is 2. The van der Waals surface area contributed by atoms with Crippen molar-refractivity contribution in [2.45, 2.75) is 20.3 Å². The van der Waals surface area contributed by atoms with Crippen molar-refractivity contribution in [1.82, 2.24) is 0 Å². The van der Waals surface area contributed by atoms with Gasteiger partial charge in [0.2, 0.25) is 0 Å². The van der Waals surface area contributed by atoms with Crippen molar-refractivity contribution in [3.63, 3.8) is 0 Å². The van der Waals surface area contributed by atoms with Crippen LogP contribution < -0.4 is 0 Å². The van der Waals surface area contributed by atoms with E-state index in [0.29, 0.717) is 14.5 Å². The fraction of sp³-hybridized carbons (Fsp3) is 0.103. The van der Waals surface area contributed by atoms with Gasteiger partial charge in [0, 0.05) is 0 Å². The van der Waals surface area contributed by atoms with Gasteiger partial charge in [-0.25, -0.2) is 0 Å². The van der Waals surface area contributed by atoms with Crippen LogP contribution in [-0.4, -0.2) is 14.5 Å². The van der Waals surface area contributed by atoms with Crippen molar-refractivity contribution < 1.29 is 0 Å². The minimum absolute atomic E-state index is 0.321. The van der Waals surface area contributed by atoms with E-state index in [0.717, 1.165) is 6.42 Å². The Kier molecular flexibility index (Phi) is 4.09. The van der Waals surface area contributed by atoms with Crippen LogP contribution in [0.1, 0.15) is 22.3 Å². The van der Waals surface area contributed by atoms with E-state index in [1.807, 2.05) is 0 Å². The summed E-state index contributed by atoms with van der Waals surface area (Å²) in [5.74, 6) is 0. The summed E-state index contributed by atoms with van der Waals surface area (Å²) in [6, 6.07) is 31.4. The van der Waals surface area contributed by atoms with Crippen molar-refractivity contribution in [2.75, 3.05) is 0 Å². The van der Waals surface area contributed by atoms with Gasteiger partial charge in [-0.05, 0) is 0 Å². The molecule has 0 fully saturated rings. The quantitative estimate of drug-likeness (QED) is 0.241. The van der Waals surface area contributed by atoms with E-state index < -0.39 is 0 Å². The van der Waals surface area contributed by atoms with Gasteiger partial charge in [-0.2, -0.15) is 0 Å². The Balaban J connectivity index is 1.74. The standard InChI is InChI=1S/C29H22Se/c1-18-16-24-22-13-7-6-12-21(22)17-25(24)27(19(18)2)28-23-14-8-9-15-26(23)30-29(28)20-10-4-3-5-11-20/h3-16H,17H2,1-2H3. The fourth-order valence-electron chi connectivity index (χ4n) is 4.95. The summed E-state index contributed by atoms with van der Waals surface area (Å²) < 4.78 is 3.03. The molecule has 0 atom stereocenters. The first kappa shape index (κ1) is 18.0. The molecule has 0 unspecified atom stereocenters. The van der Waals surface area contributed by atoms with Gasteiger partial charge in [0.1, 0.15) is 0 Å². The molecule has 5 aromatic rings. The van der Waals surface area contributed by atoms with Crippen molar-refractivity contribution in [3.8, 4) is 32.3 Å². The van der Waals surface area contributed by atoms with Gasteiger partial charge >= 0.3 is 184 Å². The van der Waals surface area contributed by atoms with Gasteiger partial charge < -0.3 is 0 Å². The molecule has 0 aliphatic heterocycles. The average molecular weight is 449 g/mol. The molecule has 0 N–H and O–H groups in total. The number of benzene rings is 4. The van der Waals surface area contributed by atoms with Gasteiger partial charge in [0.25, 0.3) is 0 Å². The molecule has 0 bridgehead atoms. The number of hydrogen-bond donors (Lipinski definition) is 0. The summed E-state index contributed by atoms with van der Waals surface area (Å²) in [7, 11) is 0. The van der Waals surface area contributed by atoms with Crippen LogP contribution in [-0.2, 0) is 6.42 Å². The fourth-order valence-corrected chi connectivity index (χ4v) is 7.49. The third-order valence-corrected chi connectivity index (χ3v) is 9.07. The van der Waals surface area contributed by atoms with E-state index in [-0.39, 0.29) is 0 Å². The molecule has 30 heavy (non-hydrogen) atoms. The Morgan fingerprint density at radius 1 is 0.700 bits per heavy atom. The summed E-state index contributed by atoms with van der Waals surface area (Å²) in [6.45, 7) is 4.59. The van der Waals surface area contributed by atoms with E-state index in [2.05, 4.69) is 98.8 Å². The average Bonchev–Trinajstić information content (AvgIpc) is 3.34. The molecule has 1 aromatic heterocycles. The van der Waals surface area contributed by atoms with Crippen LogP contribution in [0.15, 0.2) is 84.9 Å². The van der Waals surface area contributed by atoms with Crippen molar-refractivity contribution in [2.24, 2.45) is 0 Å². The molecule has 4 aromatic carbocycles. The zero-order valence-electron chi connectivity index (χ0n) is 17.2. The van der Waals surface area contributed by atoms with Crippen LogP contribution in [0.25, 0.3) is 41.9 Å². The van der Waals surface area contributed by atoms with E-state index in [1.165, 1.54) is 64.2 Å². The SMILES string of the molecule is Cc1cc2c(c(-c3c(-c4ccccc4)[se]c4ccccc34)c1C)Cc1ccccc1-2. The van der Waals surface area contributed by atoms with Crippen LogP contribution >= 0.6 is 0 Å². The molecule has 6 rings (SSSR count). The summed E-state index contributed by atoms with van der Waals surface area (Å²) in [6.07, 6.45) is 1.03. The minimum atomic E-state index is 0.321. The molecule has 0 saturated heterocycles. The second-order valence-corrected chi connectivity index (χ2v) is 10.4. The molecular weight excluding hydrogens is 427 g/mol. The third-order valence-electron chi connectivity index (χ3n) is 6.51. The van der Waals surface area contributed by atoms with Gasteiger partial charge in [-0.15, -0.1) is 0 Å². The Morgan fingerprint density at radius 3 is 2.30 bits per heavy atom. The number of aryl methyl sites for hydroxylation is 1. The van der Waals surface area contributed by atoms with Crippen molar-refractivity contribution in [3.05, 3.63) is 107 Å². The molecule has 144 valence electrons. The van der Waals surface area contributed by atoms with Crippen LogP contribution in [0.3, 0.4) is 0 Å². The van der Waals surface area contributed by atoms with Gasteiger partial charge in [0.15, 0.2) is 0 Å². The second kappa shape index (κ2) is 6.84. The van der Waals surface area contributed by atoms with E-state index >= 15 is 0 Å². The Labute approximate surface area is 183 Å². The third kappa shape index (κ3) is 2.59. The van der Waals surface area contributed by atoms with E-state index in [9.17, 15) is 0 Å². The predicted molar refractivity (Wildman–Crippen MR) is 129 cm³/mol. The molecule has 0 saturated carbocycles. The van der Waals surface area contributed by atoms with E-state index in [1.54, 1.807) is 0 Å². The van der Waals surface area contributed by atoms with Crippen molar-refractivity contribution in [1.29, 1.82) is 0 Å². The van der Waals surface area contributed by atoms with Gasteiger partial charge in [0.05, 0.1) is 0 Å². The first-order chi connectivity index (χ1) is 14.7. The maximum atomic E-state index is 2.41. The second-order valence-electron chi connectivity index (χ2n) is 8.22. The van der Waals surface area contributed by atoms with Gasteiger partial charge in [-0.1, -0.05) is 0 Å². The first-order valence-corrected chi connectivity index (χ1v) is 12.2. The summed E-state index contributed by atoms with van der Waals surface area (Å²) in [5.41, 5.74) is 12.9. The molecule has 1 aliphatic carbocycles. The molecule has 0 spiro atoms. The Bertz CT molecular complexity index is 1420. The zero-order chi connectivity index (χ0) is 20.2. The molecule has 0 amide bonds. The summed E-state index contributed by atoms with van der Waals surface area (Å²) >= 11 is 0.321.